The van der Waals surface area contributed by atoms with E-state index in [1.54, 1.807) is 6.20 Å². The molecule has 0 fully saturated rings. The summed E-state index contributed by atoms with van der Waals surface area (Å²) in [6.45, 7) is 2.06. The molecule has 0 bridgehead atoms. The number of carbonyl (C=O) groups excluding carboxylic acids is 1. The minimum Gasteiger partial charge on any atom is -0.352 e. The smallest absolute Gasteiger partial charge is 0.217 e. The summed E-state index contributed by atoms with van der Waals surface area (Å²) in [4.78, 5) is 15.1. The average molecular weight is 226 g/mol. The van der Waals surface area contributed by atoms with E-state index in [2.05, 4.69) is 10.3 Å². The minimum atomic E-state index is -0.0222. The molecule has 0 spiro atoms. The molecule has 1 aromatic heterocycles. The first-order valence-corrected chi connectivity index (χ1v) is 5.50. The summed E-state index contributed by atoms with van der Waals surface area (Å²) in [5.74, 6) is -0.0222. The number of benzene rings is 1. The van der Waals surface area contributed by atoms with Crippen LogP contribution < -0.4 is 5.32 Å². The van der Waals surface area contributed by atoms with Crippen molar-refractivity contribution in [2.45, 2.75) is 13.5 Å². The Morgan fingerprint density at radius 1 is 1.24 bits per heavy atom. The zero-order valence-corrected chi connectivity index (χ0v) is 9.68. The van der Waals surface area contributed by atoms with Crippen molar-refractivity contribution < 1.29 is 4.79 Å². The monoisotopic (exact) mass is 226 g/mol. The van der Waals surface area contributed by atoms with Crippen molar-refractivity contribution in [1.82, 2.24) is 10.3 Å². The first-order chi connectivity index (χ1) is 8.27. The van der Waals surface area contributed by atoms with Gasteiger partial charge in [-0.05, 0) is 17.2 Å². The molecule has 1 N–H and O–H groups in total. The normalized spacial score (nSPS) is 9.94. The molecule has 1 aromatic carbocycles. The maximum atomic E-state index is 10.9. The van der Waals surface area contributed by atoms with Gasteiger partial charge in [-0.25, -0.2) is 0 Å². The Kier molecular flexibility index (Phi) is 3.50. The molecule has 0 radical (unpaired) electrons. The third kappa shape index (κ3) is 2.91. The maximum Gasteiger partial charge on any atom is 0.217 e. The third-order valence-electron chi connectivity index (χ3n) is 2.52. The highest BCUT2D eigenvalue weighted by molar-refractivity contribution is 5.73. The molecule has 3 nitrogen and oxygen atoms in total. The van der Waals surface area contributed by atoms with Crippen LogP contribution in [0.3, 0.4) is 0 Å². The lowest BCUT2D eigenvalue weighted by atomic mass is 10.0. The lowest BCUT2D eigenvalue weighted by molar-refractivity contribution is -0.119. The minimum absolute atomic E-state index is 0.0222. The van der Waals surface area contributed by atoms with Crippen LogP contribution in [0.1, 0.15) is 12.5 Å². The van der Waals surface area contributed by atoms with Gasteiger partial charge in [0.2, 0.25) is 5.91 Å². The van der Waals surface area contributed by atoms with Gasteiger partial charge in [-0.3, -0.25) is 9.78 Å². The highest BCUT2D eigenvalue weighted by atomic mass is 16.1. The first-order valence-electron chi connectivity index (χ1n) is 5.50. The number of rotatable bonds is 3. The topological polar surface area (TPSA) is 42.0 Å². The van der Waals surface area contributed by atoms with Crippen molar-refractivity contribution in [3.63, 3.8) is 0 Å². The molecule has 0 aliphatic heterocycles. The van der Waals surface area contributed by atoms with Gasteiger partial charge in [0, 0.05) is 31.4 Å². The predicted octanol–water partition coefficient (Wildman–Crippen LogP) is 2.38. The fourth-order valence-corrected chi connectivity index (χ4v) is 1.70. The number of carbonyl (C=O) groups is 1. The molecule has 0 unspecified atom stereocenters. The van der Waals surface area contributed by atoms with Gasteiger partial charge in [-0.1, -0.05) is 30.3 Å². The SMILES string of the molecule is CC(=O)NCc1ccccc1-c1cccnc1. The summed E-state index contributed by atoms with van der Waals surface area (Å²) in [6, 6.07) is 11.9. The van der Waals surface area contributed by atoms with E-state index in [-0.39, 0.29) is 5.91 Å². The summed E-state index contributed by atoms with van der Waals surface area (Å²) in [6.07, 6.45) is 3.58. The van der Waals surface area contributed by atoms with Crippen LogP contribution >= 0.6 is 0 Å². The summed E-state index contributed by atoms with van der Waals surface area (Å²) >= 11 is 0. The Labute approximate surface area is 101 Å². The van der Waals surface area contributed by atoms with Gasteiger partial charge in [0.05, 0.1) is 0 Å². The number of amides is 1. The van der Waals surface area contributed by atoms with Crippen molar-refractivity contribution in [2.75, 3.05) is 0 Å². The Morgan fingerprint density at radius 3 is 2.76 bits per heavy atom. The van der Waals surface area contributed by atoms with Gasteiger partial charge in [0.25, 0.3) is 0 Å². The molecule has 2 aromatic rings. The van der Waals surface area contributed by atoms with Crippen molar-refractivity contribution in [3.8, 4) is 11.1 Å². The van der Waals surface area contributed by atoms with Crippen molar-refractivity contribution >= 4 is 5.91 Å². The number of nitrogens with zero attached hydrogens (tertiary/aromatic N) is 1. The van der Waals surface area contributed by atoms with Gasteiger partial charge >= 0.3 is 0 Å². The zero-order chi connectivity index (χ0) is 12.1. The number of hydrogen-bond acceptors (Lipinski definition) is 2. The molecule has 0 aliphatic rings. The fraction of sp³-hybridized carbons (Fsp3) is 0.143. The Balaban J connectivity index is 2.31. The summed E-state index contributed by atoms with van der Waals surface area (Å²) < 4.78 is 0. The average Bonchev–Trinajstić information content (AvgIpc) is 2.38. The van der Waals surface area contributed by atoms with Crippen LogP contribution in [-0.4, -0.2) is 10.9 Å². The molecular formula is C14H14N2O. The largest absolute Gasteiger partial charge is 0.352 e. The molecule has 0 saturated heterocycles. The quantitative estimate of drug-likeness (QED) is 0.873. The Morgan fingerprint density at radius 2 is 2.06 bits per heavy atom. The number of aromatic nitrogens is 1. The van der Waals surface area contributed by atoms with E-state index in [4.69, 9.17) is 0 Å². The number of nitrogens with one attached hydrogen (secondary N) is 1. The zero-order valence-electron chi connectivity index (χ0n) is 9.68. The van der Waals surface area contributed by atoms with Crippen LogP contribution in [-0.2, 0) is 11.3 Å². The van der Waals surface area contributed by atoms with Gasteiger partial charge in [0.1, 0.15) is 0 Å². The standard InChI is InChI=1S/C14H14N2O/c1-11(17)16-10-13-5-2-3-7-14(13)12-6-4-8-15-9-12/h2-9H,10H2,1H3,(H,16,17). The molecule has 1 heterocycles. The second-order valence-corrected chi connectivity index (χ2v) is 3.81. The molecule has 17 heavy (non-hydrogen) atoms. The van der Waals surface area contributed by atoms with Gasteiger partial charge in [0.15, 0.2) is 0 Å². The molecule has 0 saturated carbocycles. The van der Waals surface area contributed by atoms with Crippen molar-refractivity contribution in [2.24, 2.45) is 0 Å². The maximum absolute atomic E-state index is 10.9. The van der Waals surface area contributed by atoms with Crippen molar-refractivity contribution in [1.29, 1.82) is 0 Å². The van der Waals surface area contributed by atoms with Gasteiger partial charge in [-0.2, -0.15) is 0 Å². The van der Waals surface area contributed by atoms with E-state index in [0.717, 1.165) is 16.7 Å². The van der Waals surface area contributed by atoms with Crippen LogP contribution in [0.4, 0.5) is 0 Å². The Bertz CT molecular complexity index is 509. The van der Waals surface area contributed by atoms with Crippen LogP contribution in [0.5, 0.6) is 0 Å². The third-order valence-corrected chi connectivity index (χ3v) is 2.52. The molecule has 0 atom stereocenters. The van der Waals surface area contributed by atoms with Crippen LogP contribution in [0, 0.1) is 0 Å². The van der Waals surface area contributed by atoms with Crippen LogP contribution in [0.15, 0.2) is 48.8 Å². The van der Waals surface area contributed by atoms with E-state index < -0.39 is 0 Å². The van der Waals surface area contributed by atoms with Gasteiger partial charge < -0.3 is 5.32 Å². The molecule has 3 heteroatoms. The highest BCUT2D eigenvalue weighted by Crippen LogP contribution is 2.22. The van der Waals surface area contributed by atoms with E-state index >= 15 is 0 Å². The van der Waals surface area contributed by atoms with E-state index in [1.165, 1.54) is 6.92 Å². The van der Waals surface area contributed by atoms with Gasteiger partial charge in [-0.15, -0.1) is 0 Å². The highest BCUT2D eigenvalue weighted by Gasteiger charge is 2.04. The van der Waals surface area contributed by atoms with Crippen LogP contribution in [0.25, 0.3) is 11.1 Å². The fourth-order valence-electron chi connectivity index (χ4n) is 1.70. The Hall–Kier alpha value is -2.16. The van der Waals surface area contributed by atoms with Crippen LogP contribution in [0.2, 0.25) is 0 Å². The van der Waals surface area contributed by atoms with Crippen molar-refractivity contribution in [3.05, 3.63) is 54.4 Å². The molecule has 1 amide bonds. The summed E-state index contributed by atoms with van der Waals surface area (Å²) in [7, 11) is 0. The number of hydrogen-bond donors (Lipinski definition) is 1. The molecule has 2 rings (SSSR count). The molecule has 86 valence electrons. The first kappa shape index (κ1) is 11.3. The molecule has 0 aliphatic carbocycles. The molecular weight excluding hydrogens is 212 g/mol. The summed E-state index contributed by atoms with van der Waals surface area (Å²) in [5.41, 5.74) is 3.26. The lowest BCUT2D eigenvalue weighted by Crippen LogP contribution is -2.19. The van der Waals surface area contributed by atoms with E-state index in [9.17, 15) is 4.79 Å². The lowest BCUT2D eigenvalue weighted by Gasteiger charge is -2.09. The summed E-state index contributed by atoms with van der Waals surface area (Å²) in [5, 5.41) is 2.81. The predicted molar refractivity (Wildman–Crippen MR) is 67.2 cm³/mol. The van der Waals surface area contributed by atoms with E-state index in [0.29, 0.717) is 6.54 Å². The number of pyridine rings is 1. The second-order valence-electron chi connectivity index (χ2n) is 3.81. The second kappa shape index (κ2) is 5.25. The van der Waals surface area contributed by atoms with E-state index in [1.807, 2.05) is 42.6 Å².